The van der Waals surface area contributed by atoms with Crippen LogP contribution in [0.3, 0.4) is 0 Å². The molecule has 0 aromatic heterocycles. The molecule has 5 rings (SSSR count). The Balaban J connectivity index is 1.23. The van der Waals surface area contributed by atoms with Crippen LogP contribution < -0.4 is 5.43 Å². The van der Waals surface area contributed by atoms with Gasteiger partial charge in [0.05, 0.1) is 24.5 Å². The van der Waals surface area contributed by atoms with Gasteiger partial charge in [0.25, 0.3) is 0 Å². The van der Waals surface area contributed by atoms with Gasteiger partial charge in [0.1, 0.15) is 0 Å². The second-order valence-electron chi connectivity index (χ2n) is 13.4. The van der Waals surface area contributed by atoms with E-state index >= 15 is 0 Å². The van der Waals surface area contributed by atoms with E-state index in [1.54, 1.807) is 18.3 Å². The average molecular weight is 545 g/mol. The van der Waals surface area contributed by atoms with Gasteiger partial charge in [-0.05, 0) is 115 Å². The highest BCUT2D eigenvalue weighted by Gasteiger charge is 2.65. The van der Waals surface area contributed by atoms with Crippen LogP contribution in [-0.4, -0.2) is 45.8 Å². The van der Waals surface area contributed by atoms with E-state index in [9.17, 15) is 20.1 Å². The van der Waals surface area contributed by atoms with Gasteiger partial charge in [-0.2, -0.15) is 5.10 Å². The van der Waals surface area contributed by atoms with Crippen molar-refractivity contribution in [3.05, 3.63) is 34.9 Å². The molecule has 4 N–H and O–H groups in total. The summed E-state index contributed by atoms with van der Waals surface area (Å²) in [6.07, 6.45) is 7.85. The van der Waals surface area contributed by atoms with E-state index in [1.807, 2.05) is 12.1 Å². The molecule has 11 atom stereocenters. The monoisotopic (exact) mass is 544 g/mol. The number of rotatable bonds is 6. The molecule has 4 aliphatic carbocycles. The minimum absolute atomic E-state index is 0.0822. The number of hydrogen-bond acceptors (Lipinski definition) is 5. The Kier molecular flexibility index (Phi) is 8.00. The van der Waals surface area contributed by atoms with Crippen LogP contribution in [0.5, 0.6) is 0 Å². The number of halogens is 1. The van der Waals surface area contributed by atoms with Gasteiger partial charge in [0.15, 0.2) is 0 Å². The molecule has 6 nitrogen and oxygen atoms in total. The third kappa shape index (κ3) is 4.95. The smallest absolute Gasteiger partial charge is 0.240 e. The Labute approximate surface area is 232 Å². The lowest BCUT2D eigenvalue weighted by molar-refractivity contribution is -0.207. The van der Waals surface area contributed by atoms with Crippen molar-refractivity contribution in [2.45, 2.75) is 96.9 Å². The molecule has 4 fully saturated rings. The molecule has 1 aromatic rings. The SMILES string of the molecule is C[C@H](CCC(=O)N/N=C/c1cccc(Cl)c1)[C@H]1CC[C@H]2[C@@H]3[C@H](O)C[C@@H]4C[C@H](O)CC[C@]4(C)[C@H]3C[C@H](O)[C@]12C. The fraction of sp³-hybridized carbons (Fsp3) is 0.742. The van der Waals surface area contributed by atoms with Crippen LogP contribution in [0.15, 0.2) is 29.4 Å². The maximum atomic E-state index is 12.5. The molecule has 1 aromatic carbocycles. The van der Waals surface area contributed by atoms with Crippen molar-refractivity contribution in [2.75, 3.05) is 0 Å². The van der Waals surface area contributed by atoms with E-state index in [1.165, 1.54) is 0 Å². The number of amides is 1. The lowest BCUT2D eigenvalue weighted by Gasteiger charge is -2.63. The molecule has 4 saturated carbocycles. The van der Waals surface area contributed by atoms with Crippen molar-refractivity contribution in [1.82, 2.24) is 5.43 Å². The van der Waals surface area contributed by atoms with Crippen molar-refractivity contribution in [3.63, 3.8) is 0 Å². The average Bonchev–Trinajstić information content (AvgIpc) is 3.23. The number of benzene rings is 1. The first-order valence-electron chi connectivity index (χ1n) is 14.7. The number of hydrogen-bond donors (Lipinski definition) is 4. The number of nitrogens with one attached hydrogen (secondary N) is 1. The molecule has 38 heavy (non-hydrogen) atoms. The number of fused-ring (bicyclic) bond motifs is 5. The van der Waals surface area contributed by atoms with Gasteiger partial charge in [-0.3, -0.25) is 4.79 Å². The summed E-state index contributed by atoms with van der Waals surface area (Å²) in [5, 5.41) is 38.2. The second kappa shape index (κ2) is 10.8. The predicted molar refractivity (Wildman–Crippen MR) is 150 cm³/mol. The van der Waals surface area contributed by atoms with Gasteiger partial charge in [-0.15, -0.1) is 0 Å². The topological polar surface area (TPSA) is 102 Å². The Bertz CT molecular complexity index is 1050. The summed E-state index contributed by atoms with van der Waals surface area (Å²) >= 11 is 6.00. The van der Waals surface area contributed by atoms with Gasteiger partial charge >= 0.3 is 0 Å². The lowest BCUT2D eigenvalue weighted by atomic mass is 9.43. The van der Waals surface area contributed by atoms with Gasteiger partial charge in [0.2, 0.25) is 5.91 Å². The normalized spacial score (nSPS) is 43.2. The van der Waals surface area contributed by atoms with E-state index in [4.69, 9.17) is 11.6 Å². The fourth-order valence-electron chi connectivity index (χ4n) is 9.51. The Morgan fingerprint density at radius 2 is 1.95 bits per heavy atom. The zero-order valence-corrected chi connectivity index (χ0v) is 23.8. The minimum atomic E-state index is -0.408. The summed E-state index contributed by atoms with van der Waals surface area (Å²) < 4.78 is 0. The van der Waals surface area contributed by atoms with E-state index in [2.05, 4.69) is 31.3 Å². The van der Waals surface area contributed by atoms with Crippen molar-refractivity contribution >= 4 is 23.7 Å². The van der Waals surface area contributed by atoms with E-state index in [0.29, 0.717) is 35.1 Å². The van der Waals surface area contributed by atoms with E-state index in [0.717, 1.165) is 56.9 Å². The molecule has 0 radical (unpaired) electrons. The first-order chi connectivity index (χ1) is 18.0. The Morgan fingerprint density at radius 3 is 2.71 bits per heavy atom. The molecule has 0 aliphatic heterocycles. The molecular formula is C31H45ClN2O4. The maximum Gasteiger partial charge on any atom is 0.240 e. The first kappa shape index (κ1) is 28.1. The summed E-state index contributed by atoms with van der Waals surface area (Å²) in [5.74, 6) is 1.62. The molecular weight excluding hydrogens is 500 g/mol. The van der Waals surface area contributed by atoms with E-state index in [-0.39, 0.29) is 40.8 Å². The largest absolute Gasteiger partial charge is 0.393 e. The number of nitrogens with zero attached hydrogens (tertiary/aromatic N) is 1. The van der Waals surface area contributed by atoms with Crippen LogP contribution in [0.1, 0.15) is 84.1 Å². The van der Waals surface area contributed by atoms with Gasteiger partial charge < -0.3 is 15.3 Å². The quantitative estimate of drug-likeness (QED) is 0.293. The summed E-state index contributed by atoms with van der Waals surface area (Å²) in [7, 11) is 0. The van der Waals surface area contributed by atoms with Crippen LogP contribution in [0.4, 0.5) is 0 Å². The lowest BCUT2D eigenvalue weighted by Crippen LogP contribution is -2.62. The first-order valence-corrected chi connectivity index (χ1v) is 15.0. The van der Waals surface area contributed by atoms with Gasteiger partial charge in [-0.1, -0.05) is 44.5 Å². The molecule has 0 saturated heterocycles. The number of carbonyl (C=O) groups excluding carboxylic acids is 1. The summed E-state index contributed by atoms with van der Waals surface area (Å²) in [4.78, 5) is 12.5. The molecule has 0 bridgehead atoms. The van der Waals surface area contributed by atoms with Crippen molar-refractivity contribution < 1.29 is 20.1 Å². The van der Waals surface area contributed by atoms with Gasteiger partial charge in [-0.25, -0.2) is 5.43 Å². The summed E-state index contributed by atoms with van der Waals surface area (Å²) in [6, 6.07) is 7.30. The highest BCUT2D eigenvalue weighted by molar-refractivity contribution is 6.30. The molecule has 210 valence electrons. The van der Waals surface area contributed by atoms with Crippen LogP contribution >= 0.6 is 11.6 Å². The van der Waals surface area contributed by atoms with E-state index < -0.39 is 6.10 Å². The minimum Gasteiger partial charge on any atom is -0.393 e. The number of aliphatic hydroxyl groups is 3. The highest BCUT2D eigenvalue weighted by atomic mass is 35.5. The van der Waals surface area contributed by atoms with Crippen LogP contribution in [-0.2, 0) is 4.79 Å². The second-order valence-corrected chi connectivity index (χ2v) is 13.8. The Morgan fingerprint density at radius 1 is 1.16 bits per heavy atom. The Hall–Kier alpha value is -1.47. The number of aliphatic hydroxyl groups excluding tert-OH is 3. The molecule has 0 spiro atoms. The van der Waals surface area contributed by atoms with Crippen molar-refractivity contribution in [3.8, 4) is 0 Å². The van der Waals surface area contributed by atoms with Crippen molar-refractivity contribution in [1.29, 1.82) is 0 Å². The molecule has 1 amide bonds. The molecule has 0 heterocycles. The summed E-state index contributed by atoms with van der Waals surface area (Å²) in [6.45, 7) is 6.84. The number of carbonyl (C=O) groups is 1. The molecule has 4 aliphatic rings. The third-order valence-corrected chi connectivity index (χ3v) is 11.8. The molecule has 7 heteroatoms. The molecule has 0 unspecified atom stereocenters. The van der Waals surface area contributed by atoms with Crippen LogP contribution in [0.2, 0.25) is 5.02 Å². The zero-order valence-electron chi connectivity index (χ0n) is 23.0. The standard InChI is InChI=1S/C31H45ClN2O4/c1-18(7-10-28(38)34-33-17-19-5-4-6-21(32)13-19)23-8-9-24-29-25(16-27(37)31(23,24)3)30(2)12-11-22(35)14-20(30)15-26(29)36/h4-6,13,17-18,20,22-27,29,35-37H,7-12,14-16H2,1-3H3,(H,34,38)/b33-17+/t18-,20+,22-,23-,24+,25+,26-,27+,29+,30+,31-/m1/s1. The third-order valence-electron chi connectivity index (χ3n) is 11.6. The summed E-state index contributed by atoms with van der Waals surface area (Å²) in [5.41, 5.74) is 3.30. The fourth-order valence-corrected chi connectivity index (χ4v) is 9.71. The van der Waals surface area contributed by atoms with Crippen molar-refractivity contribution in [2.24, 2.45) is 51.4 Å². The van der Waals surface area contributed by atoms with Gasteiger partial charge in [0, 0.05) is 11.4 Å². The maximum absolute atomic E-state index is 12.5. The highest BCUT2D eigenvalue weighted by Crippen LogP contribution is 2.68. The van der Waals surface area contributed by atoms with Crippen LogP contribution in [0, 0.1) is 46.3 Å². The van der Waals surface area contributed by atoms with Crippen LogP contribution in [0.25, 0.3) is 0 Å². The number of hydrazone groups is 1. The predicted octanol–water partition coefficient (Wildman–Crippen LogP) is 5.17. The zero-order chi connectivity index (χ0) is 27.2.